The normalized spacial score (nSPS) is 14.8. The molecule has 142 valence electrons. The molecule has 0 spiro atoms. The van der Waals surface area contributed by atoms with Crippen molar-refractivity contribution < 1.29 is 14.7 Å². The third-order valence-electron chi connectivity index (χ3n) is 3.79. The molecule has 1 heterocycles. The van der Waals surface area contributed by atoms with Crippen LogP contribution < -0.4 is 21.7 Å². The van der Waals surface area contributed by atoms with E-state index >= 15 is 0 Å². The predicted octanol–water partition coefficient (Wildman–Crippen LogP) is 0.579. The van der Waals surface area contributed by atoms with Gasteiger partial charge in [-0.3, -0.25) is 9.59 Å². The highest BCUT2D eigenvalue weighted by Gasteiger charge is 2.25. The molecule has 0 saturated heterocycles. The molecule has 0 radical (unpaired) electrons. The van der Waals surface area contributed by atoms with E-state index in [4.69, 9.17) is 5.73 Å². The highest BCUT2D eigenvalue weighted by atomic mass is 32.1. The second-order valence-electron chi connectivity index (χ2n) is 6.46. The van der Waals surface area contributed by atoms with E-state index in [2.05, 4.69) is 16.0 Å². The molecule has 0 aliphatic carbocycles. The molecular formula is C17H30N4O3S. The molecule has 6 N–H and O–H groups in total. The molecule has 0 fully saturated rings. The van der Waals surface area contributed by atoms with Gasteiger partial charge in [-0.1, -0.05) is 13.8 Å². The van der Waals surface area contributed by atoms with Gasteiger partial charge in [0.1, 0.15) is 6.04 Å². The summed E-state index contributed by atoms with van der Waals surface area (Å²) in [5.41, 5.74) is 6.07. The van der Waals surface area contributed by atoms with Crippen molar-refractivity contribution in [3.05, 3.63) is 17.0 Å². The standard InChI is InChI=1S/C17H30N4O3S/c1-5-19-17(24)15(10(2)3)21-16(23)11(4)20-9-12(18)8-13-6-7-14(22)25-13/h6-7,10-12,15,20,22H,5,8-9,18H2,1-4H3,(H,19,24)(H,21,23). The number of hydrogen-bond acceptors (Lipinski definition) is 6. The van der Waals surface area contributed by atoms with Crippen molar-refractivity contribution in [3.63, 3.8) is 0 Å². The average Bonchev–Trinajstić information content (AvgIpc) is 2.94. The summed E-state index contributed by atoms with van der Waals surface area (Å²) < 4.78 is 0. The minimum atomic E-state index is -0.556. The van der Waals surface area contributed by atoms with Gasteiger partial charge in [0, 0.05) is 24.0 Å². The zero-order valence-corrected chi connectivity index (χ0v) is 16.2. The minimum Gasteiger partial charge on any atom is -0.499 e. The lowest BCUT2D eigenvalue weighted by Gasteiger charge is -2.24. The molecule has 8 heteroatoms. The summed E-state index contributed by atoms with van der Waals surface area (Å²) in [6.07, 6.45) is 0.625. The third kappa shape index (κ3) is 7.41. The number of aromatic hydroxyl groups is 1. The average molecular weight is 371 g/mol. The quantitative estimate of drug-likeness (QED) is 0.413. The van der Waals surface area contributed by atoms with Gasteiger partial charge in [-0.05, 0) is 38.3 Å². The van der Waals surface area contributed by atoms with Crippen molar-refractivity contribution in [2.45, 2.75) is 52.2 Å². The molecule has 0 saturated carbocycles. The zero-order chi connectivity index (χ0) is 19.0. The van der Waals surface area contributed by atoms with E-state index in [-0.39, 0.29) is 28.8 Å². The maximum Gasteiger partial charge on any atom is 0.242 e. The Morgan fingerprint density at radius 1 is 1.24 bits per heavy atom. The molecule has 3 unspecified atom stereocenters. The topological polar surface area (TPSA) is 116 Å². The first-order valence-corrected chi connectivity index (χ1v) is 9.40. The minimum absolute atomic E-state index is 0.00327. The number of rotatable bonds is 10. The summed E-state index contributed by atoms with van der Waals surface area (Å²) in [7, 11) is 0. The molecule has 1 rings (SSSR count). The summed E-state index contributed by atoms with van der Waals surface area (Å²) in [6, 6.07) is 2.30. The van der Waals surface area contributed by atoms with Crippen molar-refractivity contribution in [1.82, 2.24) is 16.0 Å². The lowest BCUT2D eigenvalue weighted by molar-refractivity contribution is -0.130. The van der Waals surface area contributed by atoms with E-state index in [1.807, 2.05) is 26.8 Å². The van der Waals surface area contributed by atoms with Crippen LogP contribution in [0.4, 0.5) is 0 Å². The van der Waals surface area contributed by atoms with Crippen molar-refractivity contribution in [2.24, 2.45) is 11.7 Å². The fourth-order valence-electron chi connectivity index (χ4n) is 2.33. The first kappa shape index (κ1) is 21.4. The van der Waals surface area contributed by atoms with Gasteiger partial charge in [0.05, 0.1) is 6.04 Å². The number of carbonyl (C=O) groups excluding carboxylic acids is 2. The van der Waals surface area contributed by atoms with E-state index in [1.165, 1.54) is 11.3 Å². The summed E-state index contributed by atoms with van der Waals surface area (Å²) >= 11 is 1.30. The van der Waals surface area contributed by atoms with Crippen LogP contribution in [0.5, 0.6) is 5.06 Å². The number of thiophene rings is 1. The van der Waals surface area contributed by atoms with Crippen molar-refractivity contribution >= 4 is 23.2 Å². The zero-order valence-electron chi connectivity index (χ0n) is 15.3. The van der Waals surface area contributed by atoms with Crippen LogP contribution in [0.3, 0.4) is 0 Å². The van der Waals surface area contributed by atoms with Crippen molar-refractivity contribution in [2.75, 3.05) is 13.1 Å². The Morgan fingerprint density at radius 3 is 2.44 bits per heavy atom. The molecule has 3 atom stereocenters. The van der Waals surface area contributed by atoms with Gasteiger partial charge in [0.2, 0.25) is 11.8 Å². The van der Waals surface area contributed by atoms with Crippen molar-refractivity contribution in [3.8, 4) is 5.06 Å². The summed E-state index contributed by atoms with van der Waals surface area (Å²) in [4.78, 5) is 25.3. The van der Waals surface area contributed by atoms with Gasteiger partial charge in [-0.25, -0.2) is 0 Å². The second kappa shape index (κ2) is 10.4. The highest BCUT2D eigenvalue weighted by Crippen LogP contribution is 2.23. The molecule has 25 heavy (non-hydrogen) atoms. The molecule has 0 bridgehead atoms. The maximum absolute atomic E-state index is 12.3. The van der Waals surface area contributed by atoms with Gasteiger partial charge in [0.15, 0.2) is 5.06 Å². The lowest BCUT2D eigenvalue weighted by atomic mass is 10.0. The van der Waals surface area contributed by atoms with Gasteiger partial charge in [-0.2, -0.15) is 0 Å². The Balaban J connectivity index is 2.45. The van der Waals surface area contributed by atoms with Crippen LogP contribution in [-0.2, 0) is 16.0 Å². The van der Waals surface area contributed by atoms with E-state index in [9.17, 15) is 14.7 Å². The van der Waals surface area contributed by atoms with Crippen LogP contribution in [0.2, 0.25) is 0 Å². The van der Waals surface area contributed by atoms with Crippen molar-refractivity contribution in [1.29, 1.82) is 0 Å². The molecule has 7 nitrogen and oxygen atoms in total. The van der Waals surface area contributed by atoms with Gasteiger partial charge < -0.3 is 26.8 Å². The Labute approximate surface area is 153 Å². The number of nitrogens with two attached hydrogens (primary N) is 1. The van der Waals surface area contributed by atoms with Crippen LogP contribution in [-0.4, -0.2) is 48.1 Å². The Bertz CT molecular complexity index is 562. The molecule has 2 amide bonds. The van der Waals surface area contributed by atoms with E-state index in [0.717, 1.165) is 4.88 Å². The van der Waals surface area contributed by atoms with E-state index in [1.54, 1.807) is 13.0 Å². The van der Waals surface area contributed by atoms with E-state index in [0.29, 0.717) is 19.5 Å². The largest absolute Gasteiger partial charge is 0.499 e. The van der Waals surface area contributed by atoms with Gasteiger partial charge in [-0.15, -0.1) is 11.3 Å². The SMILES string of the molecule is CCNC(=O)C(NC(=O)C(C)NCC(N)Cc1ccc(O)s1)C(C)C. The molecule has 0 aliphatic rings. The Morgan fingerprint density at radius 2 is 1.92 bits per heavy atom. The summed E-state index contributed by atoms with van der Waals surface area (Å²) in [5.74, 6) is -0.408. The number of hydrogen-bond donors (Lipinski definition) is 5. The van der Waals surface area contributed by atoms with Crippen LogP contribution in [0.15, 0.2) is 12.1 Å². The second-order valence-corrected chi connectivity index (χ2v) is 7.61. The molecule has 0 aliphatic heterocycles. The number of carbonyl (C=O) groups is 2. The number of likely N-dealkylation sites (N-methyl/N-ethyl adjacent to an activating group) is 1. The Hall–Kier alpha value is -1.64. The smallest absolute Gasteiger partial charge is 0.242 e. The summed E-state index contributed by atoms with van der Waals surface area (Å²) in [5, 5.41) is 18.2. The van der Waals surface area contributed by atoms with Gasteiger partial charge in [0.25, 0.3) is 0 Å². The monoisotopic (exact) mass is 370 g/mol. The maximum atomic E-state index is 12.3. The molecule has 1 aromatic rings. The fourth-order valence-corrected chi connectivity index (χ4v) is 3.16. The first-order chi connectivity index (χ1) is 11.7. The van der Waals surface area contributed by atoms with Crippen LogP contribution in [0.25, 0.3) is 0 Å². The highest BCUT2D eigenvalue weighted by molar-refractivity contribution is 7.13. The summed E-state index contributed by atoms with van der Waals surface area (Å²) in [6.45, 7) is 8.36. The first-order valence-electron chi connectivity index (χ1n) is 8.59. The molecular weight excluding hydrogens is 340 g/mol. The predicted molar refractivity (Wildman–Crippen MR) is 101 cm³/mol. The van der Waals surface area contributed by atoms with Gasteiger partial charge >= 0.3 is 0 Å². The van der Waals surface area contributed by atoms with Crippen LogP contribution >= 0.6 is 11.3 Å². The lowest BCUT2D eigenvalue weighted by Crippen LogP contribution is -2.55. The van der Waals surface area contributed by atoms with E-state index < -0.39 is 12.1 Å². The molecule has 0 aromatic carbocycles. The Kier molecular flexibility index (Phi) is 8.88. The molecule has 1 aromatic heterocycles. The van der Waals surface area contributed by atoms with Crippen LogP contribution in [0.1, 0.15) is 32.6 Å². The third-order valence-corrected chi connectivity index (χ3v) is 4.70. The number of nitrogens with one attached hydrogen (secondary N) is 3. The van der Waals surface area contributed by atoms with Crippen LogP contribution in [0, 0.1) is 5.92 Å². The fraction of sp³-hybridized carbons (Fsp3) is 0.647. The number of amides is 2.